The van der Waals surface area contributed by atoms with E-state index in [2.05, 4.69) is 11.9 Å². The molecular formula is C20H15FN2O4. The molecule has 1 aliphatic heterocycles. The van der Waals surface area contributed by atoms with Crippen molar-refractivity contribution >= 4 is 29.6 Å². The zero-order valence-electron chi connectivity index (χ0n) is 14.1. The lowest BCUT2D eigenvalue weighted by Crippen LogP contribution is -2.54. The smallest absolute Gasteiger partial charge is 0.335 e. The number of barbiturate groups is 1. The summed E-state index contributed by atoms with van der Waals surface area (Å²) in [5.74, 6) is -1.48. The molecule has 4 amide bonds. The first kappa shape index (κ1) is 18.1. The minimum atomic E-state index is -0.887. The Hall–Kier alpha value is -3.74. The molecule has 0 atom stereocenters. The quantitative estimate of drug-likeness (QED) is 0.501. The first-order valence-corrected chi connectivity index (χ1v) is 8.00. The van der Waals surface area contributed by atoms with Crippen molar-refractivity contribution in [2.24, 2.45) is 0 Å². The Balaban J connectivity index is 1.89. The number of benzene rings is 2. The van der Waals surface area contributed by atoms with Crippen LogP contribution in [0, 0.1) is 5.82 Å². The highest BCUT2D eigenvalue weighted by molar-refractivity contribution is 6.39. The van der Waals surface area contributed by atoms with Gasteiger partial charge in [-0.05, 0) is 48.0 Å². The first-order valence-electron chi connectivity index (χ1n) is 8.00. The third-order valence-electron chi connectivity index (χ3n) is 3.75. The van der Waals surface area contributed by atoms with Crippen LogP contribution in [0.15, 0.2) is 66.8 Å². The highest BCUT2D eigenvalue weighted by atomic mass is 19.1. The molecule has 7 heteroatoms. The van der Waals surface area contributed by atoms with Gasteiger partial charge in [0.2, 0.25) is 0 Å². The molecule has 0 bridgehead atoms. The molecule has 1 saturated heterocycles. The highest BCUT2D eigenvalue weighted by Crippen LogP contribution is 2.22. The van der Waals surface area contributed by atoms with Gasteiger partial charge in [-0.15, -0.1) is 0 Å². The van der Waals surface area contributed by atoms with Crippen molar-refractivity contribution in [3.8, 4) is 5.75 Å². The number of halogens is 1. The largest absolute Gasteiger partial charge is 0.490 e. The Kier molecular flexibility index (Phi) is 5.12. The molecule has 0 unspecified atom stereocenters. The van der Waals surface area contributed by atoms with Gasteiger partial charge >= 0.3 is 6.03 Å². The molecule has 0 aliphatic carbocycles. The SMILES string of the molecule is C=CCOc1ccc(/C=C2\C(=O)NC(=O)N(c3ccc(F)cc3)C2=O)cc1. The Morgan fingerprint density at radius 1 is 1.04 bits per heavy atom. The van der Waals surface area contributed by atoms with Gasteiger partial charge in [0.1, 0.15) is 23.7 Å². The van der Waals surface area contributed by atoms with Crippen LogP contribution in [0.3, 0.4) is 0 Å². The molecule has 6 nitrogen and oxygen atoms in total. The number of hydrogen-bond acceptors (Lipinski definition) is 4. The summed E-state index contributed by atoms with van der Waals surface area (Å²) in [6, 6.07) is 10.6. The number of amides is 4. The van der Waals surface area contributed by atoms with Gasteiger partial charge in [-0.2, -0.15) is 0 Å². The maximum atomic E-state index is 13.1. The minimum absolute atomic E-state index is 0.158. The lowest BCUT2D eigenvalue weighted by atomic mass is 10.1. The van der Waals surface area contributed by atoms with Crippen LogP contribution in [-0.2, 0) is 9.59 Å². The molecule has 1 heterocycles. The number of nitrogens with one attached hydrogen (secondary N) is 1. The summed E-state index contributed by atoms with van der Waals surface area (Å²) in [7, 11) is 0. The summed E-state index contributed by atoms with van der Waals surface area (Å²) in [6.07, 6.45) is 2.99. The number of hydrogen-bond donors (Lipinski definition) is 1. The van der Waals surface area contributed by atoms with Crippen LogP contribution in [0.4, 0.5) is 14.9 Å². The molecule has 1 fully saturated rings. The van der Waals surface area contributed by atoms with Gasteiger partial charge in [-0.1, -0.05) is 24.8 Å². The van der Waals surface area contributed by atoms with Gasteiger partial charge < -0.3 is 4.74 Å². The fourth-order valence-electron chi connectivity index (χ4n) is 2.46. The third-order valence-corrected chi connectivity index (χ3v) is 3.75. The molecule has 3 rings (SSSR count). The highest BCUT2D eigenvalue weighted by Gasteiger charge is 2.36. The fraction of sp³-hybridized carbons (Fsp3) is 0.0500. The molecule has 1 aliphatic rings. The van der Waals surface area contributed by atoms with Crippen molar-refractivity contribution < 1.29 is 23.5 Å². The molecule has 1 N–H and O–H groups in total. The van der Waals surface area contributed by atoms with Gasteiger partial charge in [-0.3, -0.25) is 14.9 Å². The first-order chi connectivity index (χ1) is 13.0. The second kappa shape index (κ2) is 7.65. The van der Waals surface area contributed by atoms with Crippen molar-refractivity contribution in [3.63, 3.8) is 0 Å². The normalized spacial score (nSPS) is 15.7. The van der Waals surface area contributed by atoms with Crippen LogP contribution in [0.25, 0.3) is 6.08 Å². The maximum Gasteiger partial charge on any atom is 0.335 e. The van der Waals surface area contributed by atoms with E-state index in [1.54, 1.807) is 30.3 Å². The van der Waals surface area contributed by atoms with Gasteiger partial charge in [0.25, 0.3) is 11.8 Å². The summed E-state index contributed by atoms with van der Waals surface area (Å²) in [4.78, 5) is 37.7. The van der Waals surface area contributed by atoms with Crippen LogP contribution in [0.1, 0.15) is 5.56 Å². The third kappa shape index (κ3) is 3.92. The van der Waals surface area contributed by atoms with Gasteiger partial charge in [0, 0.05) is 0 Å². The molecule has 0 aromatic heterocycles. The summed E-state index contributed by atoms with van der Waals surface area (Å²) in [5, 5.41) is 2.11. The van der Waals surface area contributed by atoms with E-state index in [9.17, 15) is 18.8 Å². The maximum absolute atomic E-state index is 13.1. The standard InChI is InChI=1S/C20H15FN2O4/c1-2-11-27-16-9-3-13(4-10-16)12-17-18(24)22-20(26)23(19(17)25)15-7-5-14(21)6-8-15/h2-10,12H,1,11H2,(H,22,24,26)/b17-12+. The second-order valence-corrected chi connectivity index (χ2v) is 5.60. The van der Waals surface area contributed by atoms with E-state index in [1.807, 2.05) is 0 Å². The zero-order chi connectivity index (χ0) is 19.4. The average Bonchev–Trinajstić information content (AvgIpc) is 2.66. The van der Waals surface area contributed by atoms with Gasteiger partial charge in [-0.25, -0.2) is 14.1 Å². The van der Waals surface area contributed by atoms with E-state index < -0.39 is 23.7 Å². The molecule has 27 heavy (non-hydrogen) atoms. The van der Waals surface area contributed by atoms with E-state index in [0.29, 0.717) is 17.9 Å². The van der Waals surface area contributed by atoms with Crippen molar-refractivity contribution in [3.05, 3.63) is 78.1 Å². The molecular weight excluding hydrogens is 351 g/mol. The van der Waals surface area contributed by atoms with Crippen LogP contribution in [0.5, 0.6) is 5.75 Å². The Bertz CT molecular complexity index is 933. The average molecular weight is 366 g/mol. The Morgan fingerprint density at radius 3 is 2.33 bits per heavy atom. The van der Waals surface area contributed by atoms with Crippen LogP contribution in [0.2, 0.25) is 0 Å². The number of imide groups is 2. The number of rotatable bonds is 5. The monoisotopic (exact) mass is 366 g/mol. The summed E-state index contributed by atoms with van der Waals surface area (Å²) >= 11 is 0. The second-order valence-electron chi connectivity index (χ2n) is 5.60. The summed E-state index contributed by atoms with van der Waals surface area (Å²) < 4.78 is 18.5. The predicted molar refractivity (Wildman–Crippen MR) is 97.5 cm³/mol. The number of anilines is 1. The molecule has 0 spiro atoms. The Morgan fingerprint density at radius 2 is 1.70 bits per heavy atom. The minimum Gasteiger partial charge on any atom is -0.490 e. The van der Waals surface area contributed by atoms with E-state index in [1.165, 1.54) is 18.2 Å². The van der Waals surface area contributed by atoms with Crippen molar-refractivity contribution in [1.82, 2.24) is 5.32 Å². The summed E-state index contributed by atoms with van der Waals surface area (Å²) in [5.41, 5.74) is 0.525. The van der Waals surface area contributed by atoms with Crippen molar-refractivity contribution in [2.75, 3.05) is 11.5 Å². The van der Waals surface area contributed by atoms with Crippen LogP contribution in [-0.4, -0.2) is 24.5 Å². The van der Waals surface area contributed by atoms with Crippen LogP contribution < -0.4 is 15.0 Å². The lowest BCUT2D eigenvalue weighted by Gasteiger charge is -2.26. The molecule has 2 aromatic rings. The van der Waals surface area contributed by atoms with Gasteiger partial charge in [0.15, 0.2) is 0 Å². The van der Waals surface area contributed by atoms with E-state index >= 15 is 0 Å². The van der Waals surface area contributed by atoms with Crippen molar-refractivity contribution in [1.29, 1.82) is 0 Å². The zero-order valence-corrected chi connectivity index (χ0v) is 14.1. The van der Waals surface area contributed by atoms with Crippen molar-refractivity contribution in [2.45, 2.75) is 0 Å². The number of carbonyl (C=O) groups excluding carboxylic acids is 3. The summed E-state index contributed by atoms with van der Waals surface area (Å²) in [6.45, 7) is 3.92. The number of carbonyl (C=O) groups is 3. The molecule has 2 aromatic carbocycles. The molecule has 0 saturated carbocycles. The molecule has 0 radical (unpaired) electrons. The topological polar surface area (TPSA) is 75.7 Å². The fourth-order valence-corrected chi connectivity index (χ4v) is 2.46. The van der Waals surface area contributed by atoms with Crippen LogP contribution >= 0.6 is 0 Å². The Labute approximate surface area is 154 Å². The van der Waals surface area contributed by atoms with E-state index in [4.69, 9.17) is 4.74 Å². The molecule has 136 valence electrons. The van der Waals surface area contributed by atoms with E-state index in [0.717, 1.165) is 17.0 Å². The number of urea groups is 1. The number of nitrogens with zero attached hydrogens (tertiary/aromatic N) is 1. The predicted octanol–water partition coefficient (Wildman–Crippen LogP) is 3.06. The lowest BCUT2D eigenvalue weighted by molar-refractivity contribution is -0.122. The number of ether oxygens (including phenoxy) is 1. The van der Waals surface area contributed by atoms with E-state index in [-0.39, 0.29) is 11.3 Å². The van der Waals surface area contributed by atoms with Gasteiger partial charge in [0.05, 0.1) is 5.69 Å².